The van der Waals surface area contributed by atoms with E-state index < -0.39 is 12.0 Å². The van der Waals surface area contributed by atoms with Gasteiger partial charge < -0.3 is 19.9 Å². The van der Waals surface area contributed by atoms with Gasteiger partial charge in [-0.2, -0.15) is 14.6 Å². The molecule has 1 fully saturated rings. The van der Waals surface area contributed by atoms with Crippen LogP contribution in [0.2, 0.25) is 0 Å². The minimum absolute atomic E-state index is 0.256. The molecule has 3 heterocycles. The zero-order chi connectivity index (χ0) is 27.2. The Morgan fingerprint density at radius 3 is 2.31 bits per heavy atom. The summed E-state index contributed by atoms with van der Waals surface area (Å²) in [5.41, 5.74) is 4.14. The van der Waals surface area contributed by atoms with E-state index in [1.54, 1.807) is 16.3 Å². The van der Waals surface area contributed by atoms with Crippen molar-refractivity contribution in [3.05, 3.63) is 89.4 Å². The van der Waals surface area contributed by atoms with E-state index in [4.69, 9.17) is 4.74 Å². The van der Waals surface area contributed by atoms with Crippen LogP contribution in [0.15, 0.2) is 67.0 Å². The van der Waals surface area contributed by atoms with E-state index in [9.17, 15) is 9.59 Å². The highest BCUT2D eigenvalue weighted by molar-refractivity contribution is 5.84. The highest BCUT2D eigenvalue weighted by atomic mass is 16.5. The topological polar surface area (TPSA) is 105 Å². The average molecular weight is 528 g/mol. The molecule has 0 bridgehead atoms. The quantitative estimate of drug-likeness (QED) is 0.351. The summed E-state index contributed by atoms with van der Waals surface area (Å²) in [6.45, 7) is 6.23. The van der Waals surface area contributed by atoms with Crippen LogP contribution in [0.1, 0.15) is 29.3 Å². The van der Waals surface area contributed by atoms with Gasteiger partial charge in [-0.15, -0.1) is 0 Å². The molecule has 5 rings (SSSR count). The minimum atomic E-state index is -0.757. The van der Waals surface area contributed by atoms with E-state index in [0.29, 0.717) is 44.8 Å². The molecule has 1 aliphatic rings. The summed E-state index contributed by atoms with van der Waals surface area (Å²) in [5.74, 6) is 1.07. The maximum atomic E-state index is 13.2. The molecule has 4 aromatic rings. The number of carbonyl (C=O) groups is 2. The predicted molar refractivity (Wildman–Crippen MR) is 148 cm³/mol. The molecule has 1 saturated heterocycles. The number of ether oxygens (including phenoxy) is 1. The van der Waals surface area contributed by atoms with Crippen molar-refractivity contribution in [2.75, 3.05) is 37.7 Å². The zero-order valence-corrected chi connectivity index (χ0v) is 22.3. The molecule has 202 valence electrons. The van der Waals surface area contributed by atoms with E-state index in [2.05, 4.69) is 37.4 Å². The number of rotatable bonds is 8. The molecule has 10 nitrogen and oxygen atoms in total. The molecule has 0 radical (unpaired) electrons. The van der Waals surface area contributed by atoms with Crippen molar-refractivity contribution < 1.29 is 14.3 Å². The van der Waals surface area contributed by atoms with Crippen LogP contribution in [0.3, 0.4) is 0 Å². The van der Waals surface area contributed by atoms with Crippen molar-refractivity contribution in [1.82, 2.24) is 29.8 Å². The molecule has 39 heavy (non-hydrogen) atoms. The average Bonchev–Trinajstić information content (AvgIpc) is 3.42. The molecule has 1 atom stereocenters. The second-order valence-corrected chi connectivity index (χ2v) is 9.55. The van der Waals surface area contributed by atoms with Crippen molar-refractivity contribution in [3.63, 3.8) is 0 Å². The first-order valence-electron chi connectivity index (χ1n) is 13.3. The maximum Gasteiger partial charge on any atom is 0.329 e. The Bertz CT molecular complexity index is 1420. The van der Waals surface area contributed by atoms with Gasteiger partial charge in [-0.05, 0) is 25.0 Å². The fraction of sp³-hybridized carbons (Fsp3) is 0.345. The lowest BCUT2D eigenvalue weighted by atomic mass is 10.0. The summed E-state index contributed by atoms with van der Waals surface area (Å²) in [4.78, 5) is 38.9. The van der Waals surface area contributed by atoms with Gasteiger partial charge >= 0.3 is 12.0 Å². The number of carbonyl (C=O) groups excluding carboxylic acids is 2. The number of esters is 1. The summed E-state index contributed by atoms with van der Waals surface area (Å²) in [6, 6.07) is 18.9. The molecule has 1 unspecified atom stereocenters. The zero-order valence-electron chi connectivity index (χ0n) is 22.3. The van der Waals surface area contributed by atoms with Gasteiger partial charge in [0.15, 0.2) is 0 Å². The number of piperazine rings is 1. The second-order valence-electron chi connectivity index (χ2n) is 9.55. The van der Waals surface area contributed by atoms with Gasteiger partial charge in [0.1, 0.15) is 18.2 Å². The standard InChI is InChI=1S/C29H33N7O3/c1-3-39-27(37)25(19-23-12-8-5-9-13-23)33-29(38)35-16-14-34(15-17-35)26-24(18-22-10-6-4-7-11-22)21(2)32-28-30-20-31-36(26)28/h4-13,20,25H,3,14-19H2,1-2H3,(H,33,38). The molecule has 1 aliphatic heterocycles. The number of benzene rings is 2. The van der Waals surface area contributed by atoms with Gasteiger partial charge in [-0.25, -0.2) is 14.6 Å². The molecule has 2 aromatic heterocycles. The first-order valence-corrected chi connectivity index (χ1v) is 13.3. The number of hydrogen-bond acceptors (Lipinski definition) is 7. The van der Waals surface area contributed by atoms with E-state index in [-0.39, 0.29) is 12.6 Å². The van der Waals surface area contributed by atoms with Crippen LogP contribution in [-0.4, -0.2) is 75.3 Å². The lowest BCUT2D eigenvalue weighted by molar-refractivity contribution is -0.145. The van der Waals surface area contributed by atoms with Gasteiger partial charge in [0.05, 0.1) is 6.61 Å². The Morgan fingerprint density at radius 2 is 1.64 bits per heavy atom. The SMILES string of the molecule is CCOC(=O)C(Cc1ccccc1)NC(=O)N1CCN(c2c(Cc3ccccc3)c(C)nc3ncnn23)CC1. The first kappa shape index (κ1) is 26.1. The number of nitrogens with zero attached hydrogens (tertiary/aromatic N) is 6. The van der Waals surface area contributed by atoms with E-state index >= 15 is 0 Å². The monoisotopic (exact) mass is 527 g/mol. The maximum absolute atomic E-state index is 13.2. The van der Waals surface area contributed by atoms with Crippen LogP contribution >= 0.6 is 0 Å². The summed E-state index contributed by atoms with van der Waals surface area (Å²) < 4.78 is 7.03. The number of hydrogen-bond donors (Lipinski definition) is 1. The van der Waals surface area contributed by atoms with Crippen LogP contribution in [0.4, 0.5) is 10.6 Å². The number of amides is 2. The highest BCUT2D eigenvalue weighted by Crippen LogP contribution is 2.27. The number of aromatic nitrogens is 4. The third-order valence-electron chi connectivity index (χ3n) is 6.95. The minimum Gasteiger partial charge on any atom is -0.464 e. The Kier molecular flexibility index (Phi) is 8.00. The molecule has 0 aliphatic carbocycles. The number of urea groups is 1. The summed E-state index contributed by atoms with van der Waals surface area (Å²) in [7, 11) is 0. The van der Waals surface area contributed by atoms with Crippen LogP contribution in [0.25, 0.3) is 5.78 Å². The molecule has 10 heteroatoms. The fourth-order valence-corrected chi connectivity index (χ4v) is 4.95. The van der Waals surface area contributed by atoms with Crippen LogP contribution in [0, 0.1) is 6.92 Å². The Balaban J connectivity index is 1.31. The first-order chi connectivity index (χ1) is 19.0. The van der Waals surface area contributed by atoms with Crippen molar-refractivity contribution in [2.45, 2.75) is 32.7 Å². The molecule has 0 spiro atoms. The van der Waals surface area contributed by atoms with Crippen LogP contribution < -0.4 is 10.2 Å². The van der Waals surface area contributed by atoms with E-state index in [1.807, 2.05) is 55.5 Å². The second kappa shape index (κ2) is 11.9. The molecule has 2 amide bonds. The van der Waals surface area contributed by atoms with Crippen molar-refractivity contribution >= 4 is 23.6 Å². The van der Waals surface area contributed by atoms with Crippen LogP contribution in [-0.2, 0) is 22.4 Å². The lowest BCUT2D eigenvalue weighted by Gasteiger charge is -2.37. The lowest BCUT2D eigenvalue weighted by Crippen LogP contribution is -2.55. The molecular formula is C29H33N7O3. The highest BCUT2D eigenvalue weighted by Gasteiger charge is 2.29. The molecule has 2 aromatic carbocycles. The number of aryl methyl sites for hydroxylation is 1. The van der Waals surface area contributed by atoms with E-state index in [0.717, 1.165) is 22.6 Å². The summed E-state index contributed by atoms with van der Waals surface area (Å²) >= 11 is 0. The van der Waals surface area contributed by atoms with Gasteiger partial charge in [-0.1, -0.05) is 60.7 Å². The van der Waals surface area contributed by atoms with Crippen molar-refractivity contribution in [3.8, 4) is 0 Å². The molecule has 0 saturated carbocycles. The number of anilines is 1. The smallest absolute Gasteiger partial charge is 0.329 e. The molecular weight excluding hydrogens is 494 g/mol. The van der Waals surface area contributed by atoms with Crippen LogP contribution in [0.5, 0.6) is 0 Å². The Labute approximate surface area is 227 Å². The van der Waals surface area contributed by atoms with E-state index in [1.165, 1.54) is 11.9 Å². The van der Waals surface area contributed by atoms with Crippen molar-refractivity contribution in [2.24, 2.45) is 0 Å². The normalized spacial score (nSPS) is 14.3. The third kappa shape index (κ3) is 6.00. The number of fused-ring (bicyclic) bond motifs is 1. The predicted octanol–water partition coefficient (Wildman–Crippen LogP) is 3.03. The Morgan fingerprint density at radius 1 is 0.974 bits per heavy atom. The molecule has 1 N–H and O–H groups in total. The van der Waals surface area contributed by atoms with Gasteiger partial charge in [0.2, 0.25) is 0 Å². The number of nitrogens with one attached hydrogen (secondary N) is 1. The van der Waals surface area contributed by atoms with Crippen molar-refractivity contribution in [1.29, 1.82) is 0 Å². The van der Waals surface area contributed by atoms with Gasteiger partial charge in [0.25, 0.3) is 5.78 Å². The largest absolute Gasteiger partial charge is 0.464 e. The van der Waals surface area contributed by atoms with Gasteiger partial charge in [0, 0.05) is 50.3 Å². The van der Waals surface area contributed by atoms with Gasteiger partial charge in [-0.3, -0.25) is 0 Å². The Hall–Kier alpha value is -4.47. The fourth-order valence-electron chi connectivity index (χ4n) is 4.95. The summed E-state index contributed by atoms with van der Waals surface area (Å²) in [5, 5.41) is 7.37. The summed E-state index contributed by atoms with van der Waals surface area (Å²) in [6.07, 6.45) is 2.60. The third-order valence-corrected chi connectivity index (χ3v) is 6.95.